The number of hydrogen-bond acceptors (Lipinski definition) is 4. The molecule has 1 fully saturated rings. The second-order valence-electron chi connectivity index (χ2n) is 8.37. The minimum Gasteiger partial charge on any atom is -0.493 e. The van der Waals surface area contributed by atoms with Gasteiger partial charge in [-0.15, -0.1) is 0 Å². The fourth-order valence-electron chi connectivity index (χ4n) is 4.19. The molecular formula is C21H31BrFNO3. The van der Waals surface area contributed by atoms with E-state index in [1.165, 1.54) is 11.1 Å². The SMILES string of the molecule is COc1cc2c(c(Br)c1OCCCF)CCN1CC(OC(C)(C)C)CCC21. The molecule has 2 aliphatic rings. The maximum Gasteiger partial charge on any atom is 0.175 e. The van der Waals surface area contributed by atoms with Crippen LogP contribution in [0.5, 0.6) is 11.5 Å². The van der Waals surface area contributed by atoms with Crippen LogP contribution in [0, 0.1) is 0 Å². The first-order valence-corrected chi connectivity index (χ1v) is 10.6. The topological polar surface area (TPSA) is 30.9 Å². The number of ether oxygens (including phenoxy) is 3. The molecule has 0 aromatic heterocycles. The minimum absolute atomic E-state index is 0.108. The van der Waals surface area contributed by atoms with Crippen LogP contribution in [0.25, 0.3) is 0 Å². The molecule has 2 aliphatic heterocycles. The summed E-state index contributed by atoms with van der Waals surface area (Å²) in [5, 5.41) is 0. The second kappa shape index (κ2) is 8.66. The van der Waals surface area contributed by atoms with Crippen molar-refractivity contribution in [2.24, 2.45) is 0 Å². The molecule has 0 saturated carbocycles. The van der Waals surface area contributed by atoms with Crippen molar-refractivity contribution in [1.29, 1.82) is 0 Å². The number of benzene rings is 1. The first-order chi connectivity index (χ1) is 12.8. The van der Waals surface area contributed by atoms with Crippen molar-refractivity contribution >= 4 is 15.9 Å². The lowest BCUT2D eigenvalue weighted by molar-refractivity contribution is -0.0971. The Hall–Kier alpha value is -0.850. The van der Waals surface area contributed by atoms with Crippen LogP contribution >= 0.6 is 15.9 Å². The standard InChI is InChI=1S/C21H31BrFNO3/c1-21(2,3)27-14-6-7-17-16-12-18(25-4)20(26-11-5-9-23)19(22)15(16)8-10-24(17)13-14/h12,14,17H,5-11,13H2,1-4H3. The number of nitrogens with zero attached hydrogens (tertiary/aromatic N) is 1. The Labute approximate surface area is 170 Å². The van der Waals surface area contributed by atoms with E-state index >= 15 is 0 Å². The number of methoxy groups -OCH3 is 1. The normalized spacial score (nSPS) is 22.9. The van der Waals surface area contributed by atoms with E-state index in [2.05, 4.69) is 47.7 Å². The maximum atomic E-state index is 12.4. The van der Waals surface area contributed by atoms with Crippen LogP contribution in [0.4, 0.5) is 4.39 Å². The van der Waals surface area contributed by atoms with Gasteiger partial charge < -0.3 is 14.2 Å². The van der Waals surface area contributed by atoms with Gasteiger partial charge in [0.15, 0.2) is 11.5 Å². The highest BCUT2D eigenvalue weighted by Crippen LogP contribution is 2.47. The fraction of sp³-hybridized carbons (Fsp3) is 0.714. The summed E-state index contributed by atoms with van der Waals surface area (Å²) in [6, 6.07) is 2.51. The van der Waals surface area contributed by atoms with Crippen LogP contribution in [0.2, 0.25) is 0 Å². The van der Waals surface area contributed by atoms with E-state index < -0.39 is 0 Å². The zero-order valence-corrected chi connectivity index (χ0v) is 18.4. The van der Waals surface area contributed by atoms with E-state index in [4.69, 9.17) is 14.2 Å². The smallest absolute Gasteiger partial charge is 0.175 e. The molecule has 0 radical (unpaired) electrons. The Balaban J connectivity index is 1.82. The monoisotopic (exact) mass is 443 g/mol. The number of fused-ring (bicyclic) bond motifs is 3. The average Bonchev–Trinajstić information content (AvgIpc) is 2.61. The van der Waals surface area contributed by atoms with Crippen LogP contribution in [0.15, 0.2) is 10.5 Å². The van der Waals surface area contributed by atoms with Gasteiger partial charge in [0, 0.05) is 25.6 Å². The molecule has 2 atom stereocenters. The Kier molecular flexibility index (Phi) is 6.70. The first-order valence-electron chi connectivity index (χ1n) is 9.84. The quantitative estimate of drug-likeness (QED) is 0.574. The van der Waals surface area contributed by atoms with Gasteiger partial charge >= 0.3 is 0 Å². The molecule has 0 amide bonds. The fourth-order valence-corrected chi connectivity index (χ4v) is 4.93. The van der Waals surface area contributed by atoms with Gasteiger partial charge in [-0.25, -0.2) is 0 Å². The van der Waals surface area contributed by atoms with Gasteiger partial charge in [-0.3, -0.25) is 9.29 Å². The summed E-state index contributed by atoms with van der Waals surface area (Å²) >= 11 is 3.74. The molecule has 2 heterocycles. The van der Waals surface area contributed by atoms with Gasteiger partial charge in [-0.1, -0.05) is 0 Å². The summed E-state index contributed by atoms with van der Waals surface area (Å²) in [6.07, 6.45) is 3.77. The Bertz CT molecular complexity index is 662. The average molecular weight is 444 g/mol. The molecule has 4 nitrogen and oxygen atoms in total. The number of alkyl halides is 1. The lowest BCUT2D eigenvalue weighted by Crippen LogP contribution is -2.47. The third-order valence-corrected chi connectivity index (χ3v) is 6.08. The van der Waals surface area contributed by atoms with Gasteiger partial charge in [-0.2, -0.15) is 0 Å². The lowest BCUT2D eigenvalue weighted by Gasteiger charge is -2.45. The summed E-state index contributed by atoms with van der Waals surface area (Å²) in [5.74, 6) is 1.41. The van der Waals surface area contributed by atoms with Crippen molar-refractivity contribution < 1.29 is 18.6 Å². The number of halogens is 2. The van der Waals surface area contributed by atoms with Crippen LogP contribution < -0.4 is 9.47 Å². The van der Waals surface area contributed by atoms with Crippen molar-refractivity contribution in [3.8, 4) is 11.5 Å². The molecule has 0 aliphatic carbocycles. The molecule has 2 unspecified atom stereocenters. The van der Waals surface area contributed by atoms with Gasteiger partial charge in [0.25, 0.3) is 0 Å². The molecule has 152 valence electrons. The predicted molar refractivity (Wildman–Crippen MR) is 109 cm³/mol. The molecule has 1 aromatic carbocycles. The van der Waals surface area contributed by atoms with Gasteiger partial charge in [0.05, 0.1) is 36.6 Å². The van der Waals surface area contributed by atoms with Crippen molar-refractivity contribution in [3.05, 3.63) is 21.7 Å². The number of rotatable bonds is 6. The molecule has 1 aromatic rings. The molecule has 0 spiro atoms. The highest BCUT2D eigenvalue weighted by atomic mass is 79.9. The van der Waals surface area contributed by atoms with E-state index in [-0.39, 0.29) is 18.4 Å². The van der Waals surface area contributed by atoms with E-state index in [1.807, 2.05) is 0 Å². The van der Waals surface area contributed by atoms with E-state index in [0.29, 0.717) is 24.8 Å². The lowest BCUT2D eigenvalue weighted by atomic mass is 9.85. The minimum atomic E-state index is -0.375. The van der Waals surface area contributed by atoms with Crippen molar-refractivity contribution in [3.63, 3.8) is 0 Å². The van der Waals surface area contributed by atoms with Gasteiger partial charge in [0.2, 0.25) is 0 Å². The summed E-state index contributed by atoms with van der Waals surface area (Å²) in [7, 11) is 1.66. The Morgan fingerprint density at radius 2 is 2.07 bits per heavy atom. The second-order valence-corrected chi connectivity index (χ2v) is 9.16. The summed E-state index contributed by atoms with van der Waals surface area (Å²) < 4.78 is 31.1. The number of hydrogen-bond donors (Lipinski definition) is 0. The molecule has 0 bridgehead atoms. The highest BCUT2D eigenvalue weighted by Gasteiger charge is 2.37. The maximum absolute atomic E-state index is 12.4. The molecule has 3 rings (SSSR count). The van der Waals surface area contributed by atoms with E-state index in [1.54, 1.807) is 7.11 Å². The first kappa shape index (κ1) is 20.9. The molecule has 0 N–H and O–H groups in total. The van der Waals surface area contributed by atoms with Gasteiger partial charge in [-0.05, 0) is 73.2 Å². The highest BCUT2D eigenvalue weighted by molar-refractivity contribution is 9.10. The summed E-state index contributed by atoms with van der Waals surface area (Å²) in [6.45, 7) is 8.32. The zero-order chi connectivity index (χ0) is 19.6. The van der Waals surface area contributed by atoms with Crippen molar-refractivity contribution in [2.75, 3.05) is 33.5 Å². The van der Waals surface area contributed by atoms with Crippen LogP contribution in [0.1, 0.15) is 57.2 Å². The van der Waals surface area contributed by atoms with Crippen LogP contribution in [-0.2, 0) is 11.2 Å². The zero-order valence-electron chi connectivity index (χ0n) is 16.8. The van der Waals surface area contributed by atoms with Crippen molar-refractivity contribution in [2.45, 2.75) is 64.2 Å². The van der Waals surface area contributed by atoms with E-state index in [0.717, 1.165) is 42.6 Å². The third kappa shape index (κ3) is 4.77. The summed E-state index contributed by atoms with van der Waals surface area (Å²) in [5.41, 5.74) is 2.50. The van der Waals surface area contributed by atoms with Gasteiger partial charge in [0.1, 0.15) is 0 Å². The Morgan fingerprint density at radius 1 is 1.30 bits per heavy atom. The predicted octanol–water partition coefficient (Wildman–Crippen LogP) is 5.07. The Morgan fingerprint density at radius 3 is 2.74 bits per heavy atom. The van der Waals surface area contributed by atoms with Crippen LogP contribution in [-0.4, -0.2) is 50.1 Å². The summed E-state index contributed by atoms with van der Waals surface area (Å²) in [4.78, 5) is 2.54. The molecule has 6 heteroatoms. The molecule has 1 saturated heterocycles. The van der Waals surface area contributed by atoms with Crippen molar-refractivity contribution in [1.82, 2.24) is 4.90 Å². The molecule has 27 heavy (non-hydrogen) atoms. The molecular weight excluding hydrogens is 413 g/mol. The number of piperidine rings is 1. The van der Waals surface area contributed by atoms with E-state index in [9.17, 15) is 4.39 Å². The largest absolute Gasteiger partial charge is 0.493 e. The third-order valence-electron chi connectivity index (χ3n) is 5.24. The van der Waals surface area contributed by atoms with Crippen LogP contribution in [0.3, 0.4) is 0 Å².